The number of methoxy groups -OCH3 is 1. The Bertz CT molecular complexity index is 596. The fraction of sp³-hybridized carbons (Fsp3) is 0.0714. The standard InChI is InChI=1S/C14H13BrN2O/c1-18-13-5-3-2-4-11(13)10-7-6-9(14(16)17)8-12(10)15/h2-8H,1H3,(H3,16,17). The molecule has 0 atom stereocenters. The average molecular weight is 305 g/mol. The van der Waals surface area contributed by atoms with Gasteiger partial charge in [-0.15, -0.1) is 0 Å². The third kappa shape index (κ3) is 2.38. The van der Waals surface area contributed by atoms with Crippen molar-refractivity contribution in [3.8, 4) is 16.9 Å². The van der Waals surface area contributed by atoms with Gasteiger partial charge < -0.3 is 10.5 Å². The van der Waals surface area contributed by atoms with E-state index < -0.39 is 0 Å². The largest absolute Gasteiger partial charge is 0.496 e. The Hall–Kier alpha value is -1.81. The minimum Gasteiger partial charge on any atom is -0.496 e. The lowest BCUT2D eigenvalue weighted by molar-refractivity contribution is 0.416. The monoisotopic (exact) mass is 304 g/mol. The van der Waals surface area contributed by atoms with Gasteiger partial charge in [0.2, 0.25) is 0 Å². The van der Waals surface area contributed by atoms with Crippen LogP contribution < -0.4 is 10.5 Å². The van der Waals surface area contributed by atoms with Crippen LogP contribution in [0.3, 0.4) is 0 Å². The number of rotatable bonds is 3. The second-order valence-corrected chi connectivity index (χ2v) is 4.66. The molecule has 0 spiro atoms. The van der Waals surface area contributed by atoms with Gasteiger partial charge in [0.15, 0.2) is 0 Å². The van der Waals surface area contributed by atoms with E-state index in [2.05, 4.69) is 15.9 Å². The number of amidine groups is 1. The number of hydrogen-bond acceptors (Lipinski definition) is 2. The first-order chi connectivity index (χ1) is 8.63. The molecule has 0 saturated heterocycles. The van der Waals surface area contributed by atoms with Crippen molar-refractivity contribution < 1.29 is 4.74 Å². The van der Waals surface area contributed by atoms with Crippen molar-refractivity contribution in [3.05, 3.63) is 52.5 Å². The Kier molecular flexibility index (Phi) is 3.67. The third-order valence-corrected chi connectivity index (χ3v) is 3.33. The normalized spacial score (nSPS) is 10.1. The number of ether oxygens (including phenoxy) is 1. The van der Waals surface area contributed by atoms with Crippen LogP contribution >= 0.6 is 15.9 Å². The molecule has 0 fully saturated rings. The predicted octanol–water partition coefficient (Wildman–Crippen LogP) is 3.41. The lowest BCUT2D eigenvalue weighted by atomic mass is 10.0. The van der Waals surface area contributed by atoms with Gasteiger partial charge in [-0.05, 0) is 17.7 Å². The second kappa shape index (κ2) is 5.23. The Morgan fingerprint density at radius 2 is 1.89 bits per heavy atom. The molecular formula is C14H13BrN2O. The number of benzene rings is 2. The van der Waals surface area contributed by atoms with Gasteiger partial charge in [-0.1, -0.05) is 46.3 Å². The van der Waals surface area contributed by atoms with E-state index in [0.29, 0.717) is 5.56 Å². The maximum Gasteiger partial charge on any atom is 0.126 e. The summed E-state index contributed by atoms with van der Waals surface area (Å²) in [5.41, 5.74) is 8.17. The van der Waals surface area contributed by atoms with Crippen molar-refractivity contribution in [3.63, 3.8) is 0 Å². The van der Waals surface area contributed by atoms with Crippen molar-refractivity contribution in [2.45, 2.75) is 0 Å². The highest BCUT2D eigenvalue weighted by molar-refractivity contribution is 9.10. The highest BCUT2D eigenvalue weighted by Gasteiger charge is 2.09. The molecule has 2 aromatic rings. The van der Waals surface area contributed by atoms with Crippen LogP contribution in [0.25, 0.3) is 11.1 Å². The van der Waals surface area contributed by atoms with Crippen LogP contribution in [0, 0.1) is 5.41 Å². The van der Waals surface area contributed by atoms with Gasteiger partial charge in [0.1, 0.15) is 11.6 Å². The number of nitrogens with one attached hydrogen (secondary N) is 1. The number of hydrogen-bond donors (Lipinski definition) is 2. The Balaban J connectivity index is 2.54. The molecule has 0 saturated carbocycles. The molecule has 0 bridgehead atoms. The summed E-state index contributed by atoms with van der Waals surface area (Å²) in [4.78, 5) is 0. The van der Waals surface area contributed by atoms with Crippen LogP contribution in [-0.4, -0.2) is 12.9 Å². The van der Waals surface area contributed by atoms with Crippen LogP contribution in [0.5, 0.6) is 5.75 Å². The fourth-order valence-electron chi connectivity index (χ4n) is 1.77. The van der Waals surface area contributed by atoms with Gasteiger partial charge in [-0.2, -0.15) is 0 Å². The zero-order chi connectivity index (χ0) is 13.1. The molecule has 0 unspecified atom stereocenters. The summed E-state index contributed by atoms with van der Waals surface area (Å²) in [5.74, 6) is 0.871. The Morgan fingerprint density at radius 3 is 2.50 bits per heavy atom. The van der Waals surface area contributed by atoms with Gasteiger partial charge in [-0.3, -0.25) is 5.41 Å². The molecule has 0 aliphatic carbocycles. The van der Waals surface area contributed by atoms with E-state index in [4.69, 9.17) is 15.9 Å². The SMILES string of the molecule is COc1ccccc1-c1ccc(C(=N)N)cc1Br. The van der Waals surface area contributed by atoms with Gasteiger partial charge >= 0.3 is 0 Å². The number of halogens is 1. The summed E-state index contributed by atoms with van der Waals surface area (Å²) < 4.78 is 6.23. The van der Waals surface area contributed by atoms with Crippen molar-refractivity contribution in [2.75, 3.05) is 7.11 Å². The van der Waals surface area contributed by atoms with Crippen molar-refractivity contribution >= 4 is 21.8 Å². The molecule has 0 aliphatic rings. The van der Waals surface area contributed by atoms with Crippen LogP contribution in [-0.2, 0) is 0 Å². The van der Waals surface area contributed by atoms with Crippen LogP contribution in [0.1, 0.15) is 5.56 Å². The third-order valence-electron chi connectivity index (χ3n) is 2.68. The Labute approximate surface area is 114 Å². The summed E-state index contributed by atoms with van der Waals surface area (Å²) in [6, 6.07) is 13.4. The molecule has 0 radical (unpaired) electrons. The molecular weight excluding hydrogens is 292 g/mol. The predicted molar refractivity (Wildman–Crippen MR) is 77.1 cm³/mol. The zero-order valence-corrected chi connectivity index (χ0v) is 11.5. The quantitative estimate of drug-likeness (QED) is 0.674. The topological polar surface area (TPSA) is 59.1 Å². The highest BCUT2D eigenvalue weighted by Crippen LogP contribution is 2.35. The summed E-state index contributed by atoms with van der Waals surface area (Å²) in [6.07, 6.45) is 0. The van der Waals surface area contributed by atoms with E-state index >= 15 is 0 Å². The molecule has 2 rings (SSSR count). The molecule has 0 amide bonds. The summed E-state index contributed by atoms with van der Waals surface area (Å²) >= 11 is 3.51. The van der Waals surface area contributed by atoms with Crippen molar-refractivity contribution in [2.24, 2.45) is 5.73 Å². The van der Waals surface area contributed by atoms with E-state index in [1.807, 2.05) is 42.5 Å². The van der Waals surface area contributed by atoms with Crippen LogP contribution in [0.4, 0.5) is 0 Å². The van der Waals surface area contributed by atoms with Crippen molar-refractivity contribution in [1.82, 2.24) is 0 Å². The molecule has 92 valence electrons. The van der Waals surface area contributed by atoms with E-state index in [0.717, 1.165) is 21.3 Å². The number of nitrogen functional groups attached to an aromatic ring is 1. The molecule has 18 heavy (non-hydrogen) atoms. The van der Waals surface area contributed by atoms with Crippen LogP contribution in [0.15, 0.2) is 46.9 Å². The van der Waals surface area contributed by atoms with E-state index in [9.17, 15) is 0 Å². The molecule has 4 heteroatoms. The molecule has 2 aromatic carbocycles. The molecule has 0 heterocycles. The summed E-state index contributed by atoms with van der Waals surface area (Å²) in [6.45, 7) is 0. The first-order valence-corrected chi connectivity index (χ1v) is 6.20. The maximum absolute atomic E-state index is 7.42. The smallest absolute Gasteiger partial charge is 0.126 e. The lowest BCUT2D eigenvalue weighted by Gasteiger charge is -2.11. The minimum absolute atomic E-state index is 0.0577. The first kappa shape index (κ1) is 12.6. The molecule has 3 nitrogen and oxygen atoms in total. The van der Waals surface area contributed by atoms with Gasteiger partial charge in [-0.25, -0.2) is 0 Å². The highest BCUT2D eigenvalue weighted by atomic mass is 79.9. The first-order valence-electron chi connectivity index (χ1n) is 5.41. The van der Waals surface area contributed by atoms with E-state index in [-0.39, 0.29) is 5.84 Å². The maximum atomic E-state index is 7.42. The number of para-hydroxylation sites is 1. The summed E-state index contributed by atoms with van der Waals surface area (Å²) in [5, 5.41) is 7.42. The fourth-order valence-corrected chi connectivity index (χ4v) is 2.36. The van der Waals surface area contributed by atoms with Crippen molar-refractivity contribution in [1.29, 1.82) is 5.41 Å². The van der Waals surface area contributed by atoms with Crippen LogP contribution in [0.2, 0.25) is 0 Å². The van der Waals surface area contributed by atoms with Gasteiger partial charge in [0, 0.05) is 15.6 Å². The molecule has 3 N–H and O–H groups in total. The van der Waals surface area contributed by atoms with E-state index in [1.165, 1.54) is 0 Å². The van der Waals surface area contributed by atoms with Gasteiger partial charge in [0.25, 0.3) is 0 Å². The van der Waals surface area contributed by atoms with E-state index in [1.54, 1.807) is 7.11 Å². The second-order valence-electron chi connectivity index (χ2n) is 3.81. The zero-order valence-electron chi connectivity index (χ0n) is 9.91. The molecule has 0 aromatic heterocycles. The Morgan fingerprint density at radius 1 is 1.17 bits per heavy atom. The average Bonchev–Trinajstić information content (AvgIpc) is 2.38. The van der Waals surface area contributed by atoms with Gasteiger partial charge in [0.05, 0.1) is 7.11 Å². The minimum atomic E-state index is 0.0577. The number of nitrogens with two attached hydrogens (primary N) is 1. The molecule has 0 aliphatic heterocycles. The summed E-state index contributed by atoms with van der Waals surface area (Å²) in [7, 11) is 1.65. The lowest BCUT2D eigenvalue weighted by Crippen LogP contribution is -2.10.